The van der Waals surface area contributed by atoms with Gasteiger partial charge in [-0.25, -0.2) is 0 Å². The highest BCUT2D eigenvalue weighted by Gasteiger charge is 2.23. The lowest BCUT2D eigenvalue weighted by atomic mass is 10.1. The molecule has 0 aromatic carbocycles. The van der Waals surface area contributed by atoms with Crippen molar-refractivity contribution in [2.45, 2.75) is 52.1 Å². The fourth-order valence-electron chi connectivity index (χ4n) is 1.70. The predicted molar refractivity (Wildman–Crippen MR) is 68.8 cm³/mol. The number of aromatic nitrogens is 2. The Labute approximate surface area is 111 Å². The molecular formula is C12H18N4O3. The van der Waals surface area contributed by atoms with Crippen LogP contribution in [0, 0.1) is 0 Å². The first-order valence-corrected chi connectivity index (χ1v) is 6.43. The average Bonchev–Trinajstić information content (AvgIpc) is 2.98. The van der Waals surface area contributed by atoms with E-state index in [2.05, 4.69) is 20.6 Å². The van der Waals surface area contributed by atoms with Crippen molar-refractivity contribution >= 4 is 17.6 Å². The number of nitrogens with zero attached hydrogens (tertiary/aromatic N) is 3. The summed E-state index contributed by atoms with van der Waals surface area (Å²) in [6, 6.07) is 0.128. The minimum atomic E-state index is -0.212. The highest BCUT2D eigenvalue weighted by molar-refractivity contribution is 5.90. The molecule has 2 heterocycles. The lowest BCUT2D eigenvalue weighted by molar-refractivity contribution is -0.118. The van der Waals surface area contributed by atoms with Gasteiger partial charge in [-0.15, -0.1) is 0 Å². The first-order valence-electron chi connectivity index (χ1n) is 6.43. The first kappa shape index (κ1) is 13.5. The summed E-state index contributed by atoms with van der Waals surface area (Å²) in [4.78, 5) is 21.0. The maximum Gasteiger partial charge on any atom is 0.328 e. The minimum absolute atomic E-state index is 0.128. The predicted octanol–water partition coefficient (Wildman–Crippen LogP) is 2.08. The summed E-state index contributed by atoms with van der Waals surface area (Å²) in [5.74, 6) is 0.522. The van der Waals surface area contributed by atoms with E-state index < -0.39 is 0 Å². The Hall–Kier alpha value is -1.92. The van der Waals surface area contributed by atoms with Gasteiger partial charge in [-0.05, 0) is 6.42 Å². The first-order chi connectivity index (χ1) is 9.08. The quantitative estimate of drug-likeness (QED) is 0.881. The Morgan fingerprint density at radius 2 is 2.32 bits per heavy atom. The maximum absolute atomic E-state index is 11.8. The molecule has 0 fully saturated rings. The van der Waals surface area contributed by atoms with E-state index in [0.29, 0.717) is 12.2 Å². The SMILES string of the molecule is CCC1=NOC(CC(=O)Nc2nc(C(C)C)no2)C1. The van der Waals surface area contributed by atoms with Crippen molar-refractivity contribution < 1.29 is 14.2 Å². The zero-order chi connectivity index (χ0) is 13.8. The molecule has 0 saturated heterocycles. The summed E-state index contributed by atoms with van der Waals surface area (Å²) in [7, 11) is 0. The molecule has 1 N–H and O–H groups in total. The van der Waals surface area contributed by atoms with E-state index in [1.807, 2.05) is 20.8 Å². The van der Waals surface area contributed by atoms with E-state index in [9.17, 15) is 4.79 Å². The van der Waals surface area contributed by atoms with Crippen LogP contribution in [0.3, 0.4) is 0 Å². The van der Waals surface area contributed by atoms with Gasteiger partial charge >= 0.3 is 6.01 Å². The van der Waals surface area contributed by atoms with Gasteiger partial charge in [0.05, 0.1) is 12.1 Å². The maximum atomic E-state index is 11.8. The van der Waals surface area contributed by atoms with Crippen LogP contribution in [0.15, 0.2) is 9.68 Å². The molecule has 1 aliphatic rings. The van der Waals surface area contributed by atoms with Gasteiger partial charge < -0.3 is 9.36 Å². The molecule has 7 nitrogen and oxygen atoms in total. The van der Waals surface area contributed by atoms with Gasteiger partial charge in [-0.3, -0.25) is 10.1 Å². The third kappa shape index (κ3) is 3.52. The molecule has 1 aromatic heterocycles. The number of hydrogen-bond donors (Lipinski definition) is 1. The normalized spacial score (nSPS) is 18.3. The van der Waals surface area contributed by atoms with Gasteiger partial charge in [0.25, 0.3) is 0 Å². The summed E-state index contributed by atoms with van der Waals surface area (Å²) in [6.45, 7) is 5.91. The number of hydrogen-bond acceptors (Lipinski definition) is 6. The van der Waals surface area contributed by atoms with E-state index in [0.717, 1.165) is 12.1 Å². The zero-order valence-electron chi connectivity index (χ0n) is 11.3. The summed E-state index contributed by atoms with van der Waals surface area (Å²) >= 11 is 0. The molecule has 19 heavy (non-hydrogen) atoms. The van der Waals surface area contributed by atoms with E-state index in [4.69, 9.17) is 9.36 Å². The summed E-state index contributed by atoms with van der Waals surface area (Å²) in [5.41, 5.74) is 0.984. The lowest BCUT2D eigenvalue weighted by Crippen LogP contribution is -2.20. The summed E-state index contributed by atoms with van der Waals surface area (Å²) in [5, 5.41) is 10.2. The third-order valence-electron chi connectivity index (χ3n) is 2.82. The zero-order valence-corrected chi connectivity index (χ0v) is 11.3. The molecule has 7 heteroatoms. The Morgan fingerprint density at radius 1 is 1.53 bits per heavy atom. The van der Waals surface area contributed by atoms with Crippen LogP contribution in [0.2, 0.25) is 0 Å². The van der Waals surface area contributed by atoms with Crippen LogP contribution in [0.5, 0.6) is 0 Å². The molecule has 0 radical (unpaired) electrons. The molecular weight excluding hydrogens is 248 g/mol. The number of rotatable bonds is 5. The van der Waals surface area contributed by atoms with Crippen molar-refractivity contribution in [1.29, 1.82) is 0 Å². The largest absolute Gasteiger partial charge is 0.392 e. The van der Waals surface area contributed by atoms with Crippen molar-refractivity contribution in [3.63, 3.8) is 0 Å². The van der Waals surface area contributed by atoms with E-state index in [1.54, 1.807) is 0 Å². The van der Waals surface area contributed by atoms with Crippen LogP contribution in [-0.4, -0.2) is 27.9 Å². The van der Waals surface area contributed by atoms with Crippen LogP contribution in [0.4, 0.5) is 6.01 Å². The molecule has 0 aliphatic carbocycles. The van der Waals surface area contributed by atoms with E-state index in [-0.39, 0.29) is 30.4 Å². The highest BCUT2D eigenvalue weighted by Crippen LogP contribution is 2.17. The molecule has 104 valence electrons. The van der Waals surface area contributed by atoms with Crippen molar-refractivity contribution in [2.75, 3.05) is 5.32 Å². The van der Waals surface area contributed by atoms with Crippen LogP contribution in [0.1, 0.15) is 51.8 Å². The number of nitrogens with one attached hydrogen (secondary N) is 1. The summed E-state index contributed by atoms with van der Waals surface area (Å²) < 4.78 is 4.94. The molecule has 2 rings (SSSR count). The fourth-order valence-corrected chi connectivity index (χ4v) is 1.70. The van der Waals surface area contributed by atoms with Crippen molar-refractivity contribution in [2.24, 2.45) is 5.16 Å². The van der Waals surface area contributed by atoms with Crippen LogP contribution in [-0.2, 0) is 9.63 Å². The van der Waals surface area contributed by atoms with Crippen LogP contribution >= 0.6 is 0 Å². The molecule has 0 bridgehead atoms. The second-order valence-corrected chi connectivity index (χ2v) is 4.81. The second kappa shape index (κ2) is 5.81. The molecule has 0 spiro atoms. The number of oxime groups is 1. The van der Waals surface area contributed by atoms with Gasteiger partial charge in [-0.1, -0.05) is 31.1 Å². The average molecular weight is 266 g/mol. The Morgan fingerprint density at radius 3 is 2.89 bits per heavy atom. The van der Waals surface area contributed by atoms with Gasteiger partial charge in [0.1, 0.15) is 6.10 Å². The molecule has 1 unspecified atom stereocenters. The summed E-state index contributed by atoms with van der Waals surface area (Å²) in [6.07, 6.45) is 1.58. The molecule has 0 saturated carbocycles. The van der Waals surface area contributed by atoms with Gasteiger partial charge in [0.2, 0.25) is 5.91 Å². The number of anilines is 1. The monoisotopic (exact) mass is 266 g/mol. The van der Waals surface area contributed by atoms with E-state index >= 15 is 0 Å². The second-order valence-electron chi connectivity index (χ2n) is 4.81. The molecule has 1 amide bonds. The number of carbonyl (C=O) groups is 1. The Bertz CT molecular complexity index is 481. The molecule has 1 atom stereocenters. The number of carbonyl (C=O) groups excluding carboxylic acids is 1. The minimum Gasteiger partial charge on any atom is -0.392 e. The third-order valence-corrected chi connectivity index (χ3v) is 2.82. The topological polar surface area (TPSA) is 89.6 Å². The Balaban J connectivity index is 1.81. The smallest absolute Gasteiger partial charge is 0.328 e. The van der Waals surface area contributed by atoms with E-state index in [1.165, 1.54) is 0 Å². The van der Waals surface area contributed by atoms with Gasteiger partial charge in [0.15, 0.2) is 5.82 Å². The van der Waals surface area contributed by atoms with Gasteiger partial charge in [0, 0.05) is 12.3 Å². The van der Waals surface area contributed by atoms with Crippen LogP contribution in [0.25, 0.3) is 0 Å². The molecule has 1 aliphatic heterocycles. The highest BCUT2D eigenvalue weighted by atomic mass is 16.6. The van der Waals surface area contributed by atoms with Crippen molar-refractivity contribution in [3.8, 4) is 0 Å². The van der Waals surface area contributed by atoms with Gasteiger partial charge in [-0.2, -0.15) is 4.98 Å². The molecule has 1 aromatic rings. The van der Waals surface area contributed by atoms with Crippen molar-refractivity contribution in [1.82, 2.24) is 10.1 Å². The lowest BCUT2D eigenvalue weighted by Gasteiger charge is -2.06. The number of amides is 1. The standard InChI is InChI=1S/C12H18N4O3/c1-4-8-5-9(18-15-8)6-10(17)13-12-14-11(7(2)3)16-19-12/h7,9H,4-6H2,1-3H3,(H,13,14,16,17). The van der Waals surface area contributed by atoms with Crippen molar-refractivity contribution in [3.05, 3.63) is 5.82 Å². The van der Waals surface area contributed by atoms with Crippen LogP contribution < -0.4 is 5.32 Å². The Kier molecular flexibility index (Phi) is 4.13. The fraction of sp³-hybridized carbons (Fsp3) is 0.667.